The Morgan fingerprint density at radius 2 is 2.21 bits per heavy atom. The number of aromatic nitrogens is 3. The Labute approximate surface area is 76.7 Å². The maximum atomic E-state index is 11.5. The molecule has 0 amide bonds. The highest BCUT2D eigenvalue weighted by molar-refractivity contribution is 4.64. The summed E-state index contributed by atoms with van der Waals surface area (Å²) in [6.07, 6.45) is -3.45. The van der Waals surface area contributed by atoms with E-state index in [1.165, 1.54) is 13.4 Å². The molecule has 0 aliphatic carbocycles. The van der Waals surface area contributed by atoms with Gasteiger partial charge >= 0.3 is 12.1 Å². The van der Waals surface area contributed by atoms with Gasteiger partial charge in [0.2, 0.25) is 0 Å². The van der Waals surface area contributed by atoms with Crippen molar-refractivity contribution < 1.29 is 17.9 Å². The predicted octanol–water partition coefficient (Wildman–Crippen LogP) is 0.118. The zero-order chi connectivity index (χ0) is 10.8. The van der Waals surface area contributed by atoms with Crippen LogP contribution in [0.1, 0.15) is 0 Å². The molecule has 0 radical (unpaired) electrons. The molecular weight excluding hydrogens is 203 g/mol. The average molecular weight is 211 g/mol. The quantitative estimate of drug-likeness (QED) is 0.713. The van der Waals surface area contributed by atoms with Crippen LogP contribution in [0.25, 0.3) is 0 Å². The fourth-order valence-electron chi connectivity index (χ4n) is 0.822. The lowest BCUT2D eigenvalue weighted by Crippen LogP contribution is -2.26. The van der Waals surface area contributed by atoms with Gasteiger partial charge in [0.1, 0.15) is 6.33 Å². The van der Waals surface area contributed by atoms with Gasteiger partial charge in [0.25, 0.3) is 0 Å². The molecule has 0 saturated heterocycles. The van der Waals surface area contributed by atoms with Crippen molar-refractivity contribution >= 4 is 0 Å². The summed E-state index contributed by atoms with van der Waals surface area (Å²) in [7, 11) is 1.45. The van der Waals surface area contributed by atoms with Gasteiger partial charge in [-0.25, -0.2) is 9.48 Å². The number of aryl methyl sites for hydroxylation is 1. The summed E-state index contributed by atoms with van der Waals surface area (Å²) >= 11 is 0. The Balaban J connectivity index is 2.47. The van der Waals surface area contributed by atoms with Crippen LogP contribution in [-0.2, 0) is 18.3 Å². The first kappa shape index (κ1) is 10.8. The lowest BCUT2D eigenvalue weighted by molar-refractivity contribution is -0.325. The molecule has 5 nitrogen and oxygen atoms in total. The van der Waals surface area contributed by atoms with E-state index in [1.54, 1.807) is 0 Å². The molecule has 8 heteroatoms. The molecule has 1 heterocycles. The number of halogens is 3. The van der Waals surface area contributed by atoms with Crippen LogP contribution in [0.4, 0.5) is 13.2 Å². The van der Waals surface area contributed by atoms with Gasteiger partial charge in [-0.2, -0.15) is 5.10 Å². The standard InChI is InChI=1S/C6H8F3N3O2/c1-11-4-10-12(5(11)13)2-3-14-6(7,8)9/h4H,2-3H2,1H3. The Hall–Kier alpha value is -1.31. The van der Waals surface area contributed by atoms with E-state index in [9.17, 15) is 18.0 Å². The molecule has 0 bridgehead atoms. The summed E-state index contributed by atoms with van der Waals surface area (Å²) in [6.45, 7) is -0.848. The van der Waals surface area contributed by atoms with Crippen LogP contribution < -0.4 is 5.69 Å². The van der Waals surface area contributed by atoms with Gasteiger partial charge in [-0.1, -0.05) is 0 Å². The number of hydrogen-bond donors (Lipinski definition) is 0. The fraction of sp³-hybridized carbons (Fsp3) is 0.667. The molecule has 0 unspecified atom stereocenters. The molecule has 80 valence electrons. The maximum Gasteiger partial charge on any atom is 0.522 e. The number of alkyl halides is 3. The average Bonchev–Trinajstić information content (AvgIpc) is 2.33. The van der Waals surface area contributed by atoms with Gasteiger partial charge in [0.15, 0.2) is 0 Å². The Morgan fingerprint density at radius 1 is 1.57 bits per heavy atom. The molecule has 1 aromatic rings. The van der Waals surface area contributed by atoms with E-state index in [0.29, 0.717) is 0 Å². The van der Waals surface area contributed by atoms with Gasteiger partial charge in [-0.15, -0.1) is 13.2 Å². The highest BCUT2D eigenvalue weighted by Gasteiger charge is 2.28. The molecule has 0 aliphatic heterocycles. The summed E-state index contributed by atoms with van der Waals surface area (Å²) < 4.78 is 40.1. The van der Waals surface area contributed by atoms with Gasteiger partial charge in [-0.05, 0) is 0 Å². The molecule has 0 fully saturated rings. The van der Waals surface area contributed by atoms with Crippen LogP contribution in [0.3, 0.4) is 0 Å². The van der Waals surface area contributed by atoms with Gasteiger partial charge in [0, 0.05) is 7.05 Å². The maximum absolute atomic E-state index is 11.5. The van der Waals surface area contributed by atoms with Crippen LogP contribution >= 0.6 is 0 Å². The van der Waals surface area contributed by atoms with E-state index in [1.807, 2.05) is 0 Å². The van der Waals surface area contributed by atoms with Gasteiger partial charge in [0.05, 0.1) is 13.2 Å². The third-order valence-electron chi connectivity index (χ3n) is 1.46. The van der Waals surface area contributed by atoms with Gasteiger partial charge < -0.3 is 0 Å². The largest absolute Gasteiger partial charge is 0.522 e. The third kappa shape index (κ3) is 2.87. The second kappa shape index (κ2) is 3.82. The first-order valence-corrected chi connectivity index (χ1v) is 3.69. The van der Waals surface area contributed by atoms with Crippen LogP contribution in [0, 0.1) is 0 Å². The Kier molecular flexibility index (Phi) is 2.94. The molecule has 14 heavy (non-hydrogen) atoms. The smallest absolute Gasteiger partial charge is 0.290 e. The van der Waals surface area contributed by atoms with Gasteiger partial charge in [-0.3, -0.25) is 9.30 Å². The second-order valence-electron chi connectivity index (χ2n) is 2.54. The highest BCUT2D eigenvalue weighted by Crippen LogP contribution is 2.15. The van der Waals surface area contributed by atoms with E-state index in [-0.39, 0.29) is 6.54 Å². The zero-order valence-electron chi connectivity index (χ0n) is 7.28. The second-order valence-corrected chi connectivity index (χ2v) is 2.54. The molecule has 0 N–H and O–H groups in total. The molecule has 0 saturated carbocycles. The normalized spacial score (nSPS) is 12.0. The summed E-state index contributed by atoms with van der Waals surface area (Å²) in [4.78, 5) is 11.1. The summed E-state index contributed by atoms with van der Waals surface area (Å²) in [5, 5.41) is 3.55. The summed E-state index contributed by atoms with van der Waals surface area (Å²) in [6, 6.07) is 0. The van der Waals surface area contributed by atoms with Crippen LogP contribution in [0.15, 0.2) is 11.1 Å². The van der Waals surface area contributed by atoms with Crippen molar-refractivity contribution in [3.8, 4) is 0 Å². The molecule has 0 spiro atoms. The van der Waals surface area contributed by atoms with Crippen LogP contribution in [0.5, 0.6) is 0 Å². The minimum Gasteiger partial charge on any atom is -0.290 e. The number of nitrogens with zero attached hydrogens (tertiary/aromatic N) is 3. The van der Waals surface area contributed by atoms with Crippen molar-refractivity contribution in [2.75, 3.05) is 6.61 Å². The topological polar surface area (TPSA) is 49.0 Å². The number of rotatable bonds is 3. The minimum atomic E-state index is -4.67. The third-order valence-corrected chi connectivity index (χ3v) is 1.46. The van der Waals surface area contributed by atoms with Crippen molar-refractivity contribution in [3.05, 3.63) is 16.8 Å². The minimum absolute atomic E-state index is 0.223. The summed E-state index contributed by atoms with van der Waals surface area (Å²) in [5.41, 5.74) is -0.476. The Morgan fingerprint density at radius 3 is 2.64 bits per heavy atom. The first-order valence-electron chi connectivity index (χ1n) is 3.69. The first-order chi connectivity index (χ1) is 6.40. The Bertz CT molecular complexity index is 354. The zero-order valence-corrected chi connectivity index (χ0v) is 7.28. The van der Waals surface area contributed by atoms with E-state index in [2.05, 4.69) is 9.84 Å². The van der Waals surface area contributed by atoms with E-state index in [0.717, 1.165) is 9.25 Å². The number of hydrogen-bond acceptors (Lipinski definition) is 3. The fourth-order valence-corrected chi connectivity index (χ4v) is 0.822. The molecule has 1 aromatic heterocycles. The number of ether oxygens (including phenoxy) is 1. The molecular formula is C6H8F3N3O2. The molecule has 0 aromatic carbocycles. The highest BCUT2D eigenvalue weighted by atomic mass is 19.4. The lowest BCUT2D eigenvalue weighted by atomic mass is 10.7. The van der Waals surface area contributed by atoms with Crippen molar-refractivity contribution in [1.82, 2.24) is 14.3 Å². The predicted molar refractivity (Wildman–Crippen MR) is 39.5 cm³/mol. The lowest BCUT2D eigenvalue weighted by Gasteiger charge is -2.05. The van der Waals surface area contributed by atoms with E-state index in [4.69, 9.17) is 0 Å². The van der Waals surface area contributed by atoms with E-state index < -0.39 is 18.7 Å². The van der Waals surface area contributed by atoms with Crippen LogP contribution in [0.2, 0.25) is 0 Å². The molecule has 1 rings (SSSR count). The summed E-state index contributed by atoms with van der Waals surface area (Å²) in [5.74, 6) is 0. The molecule has 0 atom stereocenters. The van der Waals surface area contributed by atoms with Crippen molar-refractivity contribution in [2.24, 2.45) is 7.05 Å². The van der Waals surface area contributed by atoms with Crippen molar-refractivity contribution in [1.29, 1.82) is 0 Å². The SMILES string of the molecule is Cn1cnn(CCOC(F)(F)F)c1=O. The molecule has 0 aliphatic rings. The monoisotopic (exact) mass is 211 g/mol. The van der Waals surface area contributed by atoms with Crippen molar-refractivity contribution in [3.63, 3.8) is 0 Å². The van der Waals surface area contributed by atoms with Crippen molar-refractivity contribution in [2.45, 2.75) is 12.9 Å². The van der Waals surface area contributed by atoms with Crippen LogP contribution in [-0.4, -0.2) is 27.3 Å². The van der Waals surface area contributed by atoms with E-state index >= 15 is 0 Å².